The fourth-order valence-electron chi connectivity index (χ4n) is 5.84. The molecule has 6 atom stereocenters. The molecule has 6 heteroatoms. The second kappa shape index (κ2) is 5.27. The van der Waals surface area contributed by atoms with Crippen LogP contribution in [0, 0.1) is 23.7 Å². The van der Waals surface area contributed by atoms with Gasteiger partial charge in [0.05, 0.1) is 17.7 Å². The van der Waals surface area contributed by atoms with E-state index in [1.807, 2.05) is 13.0 Å². The summed E-state index contributed by atoms with van der Waals surface area (Å²) in [4.78, 5) is 12.8. The number of Topliss-reactive ketones (excluding diaryl/α,β-unsaturated/α-hetero) is 1. The third kappa shape index (κ3) is 2.03. The maximum absolute atomic E-state index is 12.8. The highest BCUT2D eigenvalue weighted by molar-refractivity contribution is 6.05. The van der Waals surface area contributed by atoms with Crippen LogP contribution in [0.1, 0.15) is 40.5 Å². The van der Waals surface area contributed by atoms with Gasteiger partial charge in [-0.1, -0.05) is 19.1 Å². The zero-order valence-corrected chi connectivity index (χ0v) is 15.8. The van der Waals surface area contributed by atoms with Gasteiger partial charge in [-0.2, -0.15) is 5.10 Å². The van der Waals surface area contributed by atoms with Crippen molar-refractivity contribution in [3.05, 3.63) is 23.3 Å². The third-order valence-corrected chi connectivity index (χ3v) is 7.12. The summed E-state index contributed by atoms with van der Waals surface area (Å²) >= 11 is 0. The summed E-state index contributed by atoms with van der Waals surface area (Å²) in [7, 11) is 0. The molecule has 4 rings (SSSR count). The van der Waals surface area contributed by atoms with Gasteiger partial charge in [0.15, 0.2) is 5.78 Å². The van der Waals surface area contributed by atoms with Crippen LogP contribution in [-0.4, -0.2) is 50.2 Å². The molecule has 0 spiro atoms. The van der Waals surface area contributed by atoms with E-state index in [0.29, 0.717) is 17.6 Å². The second-order valence-electron chi connectivity index (χ2n) is 9.17. The lowest BCUT2D eigenvalue weighted by Crippen LogP contribution is -2.64. The number of carbonyl (C=O) groups is 1. The summed E-state index contributed by atoms with van der Waals surface area (Å²) in [6, 6.07) is 0. The fourth-order valence-corrected chi connectivity index (χ4v) is 5.84. The Morgan fingerprint density at radius 3 is 2.65 bits per heavy atom. The van der Waals surface area contributed by atoms with Crippen LogP contribution in [0.15, 0.2) is 28.4 Å². The van der Waals surface area contributed by atoms with E-state index < -0.39 is 17.1 Å². The van der Waals surface area contributed by atoms with Crippen LogP contribution in [0.25, 0.3) is 0 Å². The molecule has 0 amide bonds. The minimum absolute atomic E-state index is 0.0550. The van der Waals surface area contributed by atoms with E-state index >= 15 is 0 Å². The number of fused-ring (bicyclic) bond motifs is 5. The number of hydrazone groups is 1. The van der Waals surface area contributed by atoms with Crippen LogP contribution in [0.2, 0.25) is 0 Å². The molecule has 4 aliphatic rings. The molecular weight excluding hydrogens is 332 g/mol. The molecule has 1 unspecified atom stereocenters. The van der Waals surface area contributed by atoms with Crippen molar-refractivity contribution in [3.8, 4) is 0 Å². The van der Waals surface area contributed by atoms with E-state index in [1.165, 1.54) is 0 Å². The van der Waals surface area contributed by atoms with Crippen molar-refractivity contribution in [2.75, 3.05) is 6.61 Å². The number of nitrogens with zero attached hydrogens (tertiary/aromatic N) is 1. The van der Waals surface area contributed by atoms with E-state index in [1.54, 1.807) is 13.0 Å². The molecule has 1 saturated carbocycles. The van der Waals surface area contributed by atoms with Crippen molar-refractivity contribution in [2.45, 2.75) is 57.3 Å². The van der Waals surface area contributed by atoms with Crippen molar-refractivity contribution < 1.29 is 20.1 Å². The number of rotatable bonds is 1. The smallest absolute Gasteiger partial charge is 0.190 e. The number of ketones is 1. The lowest BCUT2D eigenvalue weighted by Gasteiger charge is -2.53. The molecule has 0 radical (unpaired) electrons. The van der Waals surface area contributed by atoms with Crippen LogP contribution >= 0.6 is 0 Å². The second-order valence-corrected chi connectivity index (χ2v) is 9.17. The Kier molecular flexibility index (Phi) is 3.63. The van der Waals surface area contributed by atoms with E-state index in [2.05, 4.69) is 24.4 Å². The van der Waals surface area contributed by atoms with E-state index in [4.69, 9.17) is 0 Å². The van der Waals surface area contributed by atoms with E-state index in [0.717, 1.165) is 5.71 Å². The fraction of sp³-hybridized carbons (Fsp3) is 0.700. The Balaban J connectivity index is 1.94. The van der Waals surface area contributed by atoms with Gasteiger partial charge in [0.25, 0.3) is 0 Å². The van der Waals surface area contributed by atoms with Crippen LogP contribution in [0.4, 0.5) is 0 Å². The predicted octanol–water partition coefficient (Wildman–Crippen LogP) is 0.926. The van der Waals surface area contributed by atoms with Crippen LogP contribution < -0.4 is 5.43 Å². The van der Waals surface area contributed by atoms with Crippen molar-refractivity contribution in [1.82, 2.24) is 5.43 Å². The Hall–Kier alpha value is -1.50. The standard InChI is InChI=1S/C20H28N2O4/c1-10-5-15-19(25,17(10)24)8-12(9-23)7-13-16-14(21-22-18(16,3)4)6-11(2)20(13,15)26/h5,7,11,13,15-16,22-23,25-26H,6,8-9H2,1-4H3/t11-,13?,15-,16+,19-,20-/m1/s1. The molecule has 4 N–H and O–H groups in total. The highest BCUT2D eigenvalue weighted by Crippen LogP contribution is 2.57. The Labute approximate surface area is 153 Å². The molecule has 0 aromatic rings. The maximum Gasteiger partial charge on any atom is 0.190 e. The summed E-state index contributed by atoms with van der Waals surface area (Å²) in [6.45, 7) is 7.51. The highest BCUT2D eigenvalue weighted by atomic mass is 16.3. The molecule has 0 bridgehead atoms. The number of nitrogens with one attached hydrogen (secondary N) is 1. The topological polar surface area (TPSA) is 102 Å². The number of hydrogen-bond donors (Lipinski definition) is 4. The number of aliphatic hydroxyl groups is 3. The minimum atomic E-state index is -1.69. The molecule has 0 aromatic heterocycles. The van der Waals surface area contributed by atoms with Gasteiger partial charge < -0.3 is 20.7 Å². The summed E-state index contributed by atoms with van der Waals surface area (Å²) in [6.07, 6.45) is 4.32. The van der Waals surface area contributed by atoms with Gasteiger partial charge in [0.1, 0.15) is 5.60 Å². The Morgan fingerprint density at radius 1 is 1.31 bits per heavy atom. The van der Waals surface area contributed by atoms with Crippen LogP contribution in [0.5, 0.6) is 0 Å². The largest absolute Gasteiger partial charge is 0.392 e. The molecule has 0 saturated heterocycles. The molecule has 3 aliphatic carbocycles. The lowest BCUT2D eigenvalue weighted by molar-refractivity contribution is -0.166. The first kappa shape index (κ1) is 17.9. The average molecular weight is 360 g/mol. The highest BCUT2D eigenvalue weighted by Gasteiger charge is 2.66. The molecule has 0 aromatic carbocycles. The van der Waals surface area contributed by atoms with Gasteiger partial charge in [-0.3, -0.25) is 4.79 Å². The van der Waals surface area contributed by atoms with Gasteiger partial charge in [-0.15, -0.1) is 0 Å². The van der Waals surface area contributed by atoms with Crippen LogP contribution in [-0.2, 0) is 4.79 Å². The van der Waals surface area contributed by atoms with Gasteiger partial charge in [0, 0.05) is 29.9 Å². The average Bonchev–Trinajstić information content (AvgIpc) is 2.95. The Morgan fingerprint density at radius 2 is 2.00 bits per heavy atom. The quantitative estimate of drug-likeness (QED) is 0.521. The summed E-state index contributed by atoms with van der Waals surface area (Å²) in [5, 5.41) is 37.8. The number of carbonyl (C=O) groups excluding carboxylic acids is 1. The zero-order chi connectivity index (χ0) is 19.1. The molecule has 1 aliphatic heterocycles. The lowest BCUT2D eigenvalue weighted by atomic mass is 9.54. The summed E-state index contributed by atoms with van der Waals surface area (Å²) in [5.74, 6) is -1.62. The van der Waals surface area contributed by atoms with Gasteiger partial charge >= 0.3 is 0 Å². The van der Waals surface area contributed by atoms with Gasteiger partial charge in [-0.05, 0) is 44.3 Å². The van der Waals surface area contributed by atoms with Crippen molar-refractivity contribution >= 4 is 11.5 Å². The molecule has 6 nitrogen and oxygen atoms in total. The van der Waals surface area contributed by atoms with Gasteiger partial charge in [0.2, 0.25) is 0 Å². The summed E-state index contributed by atoms with van der Waals surface area (Å²) < 4.78 is 0. The first-order chi connectivity index (χ1) is 12.1. The normalized spacial score (nSPS) is 46.3. The van der Waals surface area contributed by atoms with E-state index in [-0.39, 0.29) is 42.1 Å². The van der Waals surface area contributed by atoms with Crippen LogP contribution in [0.3, 0.4) is 0 Å². The number of aliphatic hydroxyl groups excluding tert-OH is 1. The van der Waals surface area contributed by atoms with Crippen molar-refractivity contribution in [2.24, 2.45) is 28.8 Å². The first-order valence-corrected chi connectivity index (χ1v) is 9.37. The van der Waals surface area contributed by atoms with E-state index in [9.17, 15) is 20.1 Å². The van der Waals surface area contributed by atoms with Gasteiger partial charge in [-0.25, -0.2) is 0 Å². The first-order valence-electron chi connectivity index (χ1n) is 9.37. The molecule has 1 heterocycles. The summed E-state index contributed by atoms with van der Waals surface area (Å²) in [5.41, 5.74) is 1.96. The monoisotopic (exact) mass is 360 g/mol. The minimum Gasteiger partial charge on any atom is -0.392 e. The molecule has 142 valence electrons. The predicted molar refractivity (Wildman–Crippen MR) is 97.4 cm³/mol. The maximum atomic E-state index is 12.8. The molecule has 1 fully saturated rings. The SMILES string of the molecule is CC1=C[C@H]2[C@]3(O)C(C=C(CO)C[C@]2(O)C1=O)[C@H]1C(=NNC1(C)C)C[C@H]3C. The zero-order valence-electron chi connectivity index (χ0n) is 15.8. The van der Waals surface area contributed by atoms with Crippen molar-refractivity contribution in [3.63, 3.8) is 0 Å². The molecular formula is C20H28N2O4. The number of hydrogen-bond acceptors (Lipinski definition) is 6. The molecule has 26 heavy (non-hydrogen) atoms. The van der Waals surface area contributed by atoms with Crippen molar-refractivity contribution in [1.29, 1.82) is 0 Å². The third-order valence-electron chi connectivity index (χ3n) is 7.12. The Bertz CT molecular complexity index is 768.